The molecule has 0 aromatic carbocycles. The van der Waals surface area contributed by atoms with Gasteiger partial charge in [0.05, 0.1) is 6.10 Å². The molecular formula is C22H42O. The molecule has 0 bridgehead atoms. The zero-order valence-electron chi connectivity index (χ0n) is 15.8. The predicted molar refractivity (Wildman–Crippen MR) is 101 cm³/mol. The minimum absolute atomic E-state index is 0.0181. The highest BCUT2D eigenvalue weighted by molar-refractivity contribution is 4.81. The van der Waals surface area contributed by atoms with Gasteiger partial charge in [-0.2, -0.15) is 0 Å². The van der Waals surface area contributed by atoms with E-state index in [0.717, 1.165) is 30.6 Å². The van der Waals surface area contributed by atoms with E-state index >= 15 is 0 Å². The fourth-order valence-corrected chi connectivity index (χ4v) is 5.09. The highest BCUT2D eigenvalue weighted by Crippen LogP contribution is 2.41. The molecule has 0 aliphatic heterocycles. The standard InChI is InChI=1S/C22H42O/c1-2-3-4-5-6-7-8-9-10-19-11-13-20(14-12-19)21-15-17-22(23)18-16-21/h19-23H,2-18H2,1H3. The molecule has 136 valence electrons. The SMILES string of the molecule is CCCCCCCCCCC1CCC(C2CCC(O)CC2)CC1. The Hall–Kier alpha value is -0.0400. The molecule has 0 unspecified atom stereocenters. The summed E-state index contributed by atoms with van der Waals surface area (Å²) in [6, 6.07) is 0. The second-order valence-corrected chi connectivity index (χ2v) is 8.61. The maximum absolute atomic E-state index is 9.67. The molecular weight excluding hydrogens is 280 g/mol. The largest absolute Gasteiger partial charge is 0.393 e. The Kier molecular flexibility index (Phi) is 9.65. The minimum atomic E-state index is 0.0181. The van der Waals surface area contributed by atoms with Crippen molar-refractivity contribution in [2.45, 2.75) is 122 Å². The number of aliphatic hydroxyl groups excluding tert-OH is 1. The third kappa shape index (κ3) is 7.59. The van der Waals surface area contributed by atoms with Gasteiger partial charge in [-0.25, -0.2) is 0 Å². The van der Waals surface area contributed by atoms with Crippen LogP contribution in [0.5, 0.6) is 0 Å². The van der Waals surface area contributed by atoms with Gasteiger partial charge in [0.1, 0.15) is 0 Å². The molecule has 0 aromatic rings. The molecule has 1 N–H and O–H groups in total. The van der Waals surface area contributed by atoms with Crippen molar-refractivity contribution < 1.29 is 5.11 Å². The number of aliphatic hydroxyl groups is 1. The summed E-state index contributed by atoms with van der Waals surface area (Å²) in [7, 11) is 0. The summed E-state index contributed by atoms with van der Waals surface area (Å²) in [5.74, 6) is 2.99. The lowest BCUT2D eigenvalue weighted by molar-refractivity contribution is 0.0763. The van der Waals surface area contributed by atoms with Crippen LogP contribution in [0.4, 0.5) is 0 Å². The molecule has 0 radical (unpaired) electrons. The predicted octanol–water partition coefficient (Wildman–Crippen LogP) is 6.87. The monoisotopic (exact) mass is 322 g/mol. The van der Waals surface area contributed by atoms with Gasteiger partial charge in [0, 0.05) is 0 Å². The summed E-state index contributed by atoms with van der Waals surface area (Å²) < 4.78 is 0. The van der Waals surface area contributed by atoms with Crippen LogP contribution in [-0.2, 0) is 0 Å². The van der Waals surface area contributed by atoms with Crippen molar-refractivity contribution in [2.24, 2.45) is 17.8 Å². The summed E-state index contributed by atoms with van der Waals surface area (Å²) in [5.41, 5.74) is 0. The molecule has 1 nitrogen and oxygen atoms in total. The molecule has 2 rings (SSSR count). The van der Waals surface area contributed by atoms with Crippen LogP contribution in [0.2, 0.25) is 0 Å². The Labute approximate surface area is 145 Å². The first-order valence-corrected chi connectivity index (χ1v) is 11.0. The van der Waals surface area contributed by atoms with Crippen LogP contribution >= 0.6 is 0 Å². The number of rotatable bonds is 10. The summed E-state index contributed by atoms with van der Waals surface area (Å²) in [6.07, 6.45) is 23.9. The Morgan fingerprint density at radius 3 is 1.65 bits per heavy atom. The first-order chi connectivity index (χ1) is 11.3. The van der Waals surface area contributed by atoms with Crippen molar-refractivity contribution >= 4 is 0 Å². The van der Waals surface area contributed by atoms with E-state index in [1.807, 2.05) is 0 Å². The van der Waals surface area contributed by atoms with E-state index < -0.39 is 0 Å². The third-order valence-corrected chi connectivity index (χ3v) is 6.77. The fourth-order valence-electron chi connectivity index (χ4n) is 5.09. The van der Waals surface area contributed by atoms with Gasteiger partial charge in [0.15, 0.2) is 0 Å². The summed E-state index contributed by atoms with van der Waals surface area (Å²) in [4.78, 5) is 0. The second-order valence-electron chi connectivity index (χ2n) is 8.61. The normalized spacial score (nSPS) is 32.1. The van der Waals surface area contributed by atoms with Gasteiger partial charge in [-0.3, -0.25) is 0 Å². The average Bonchev–Trinajstić information content (AvgIpc) is 2.59. The van der Waals surface area contributed by atoms with Crippen molar-refractivity contribution in [1.82, 2.24) is 0 Å². The van der Waals surface area contributed by atoms with Gasteiger partial charge in [-0.05, 0) is 56.3 Å². The van der Waals surface area contributed by atoms with Gasteiger partial charge in [-0.1, -0.05) is 77.6 Å². The zero-order chi connectivity index (χ0) is 16.3. The van der Waals surface area contributed by atoms with Gasteiger partial charge in [0.25, 0.3) is 0 Å². The van der Waals surface area contributed by atoms with Gasteiger partial charge in [-0.15, -0.1) is 0 Å². The lowest BCUT2D eigenvalue weighted by atomic mass is 9.70. The minimum Gasteiger partial charge on any atom is -0.393 e. The smallest absolute Gasteiger partial charge is 0.0540 e. The lowest BCUT2D eigenvalue weighted by Crippen LogP contribution is -2.27. The van der Waals surface area contributed by atoms with Crippen LogP contribution in [0.1, 0.15) is 116 Å². The second kappa shape index (κ2) is 11.5. The van der Waals surface area contributed by atoms with Crippen LogP contribution in [0.3, 0.4) is 0 Å². The van der Waals surface area contributed by atoms with E-state index in [0.29, 0.717) is 0 Å². The number of hydrogen-bond acceptors (Lipinski definition) is 1. The van der Waals surface area contributed by atoms with E-state index in [4.69, 9.17) is 0 Å². The Balaban J connectivity index is 1.45. The number of hydrogen-bond donors (Lipinski definition) is 1. The van der Waals surface area contributed by atoms with Crippen LogP contribution in [-0.4, -0.2) is 11.2 Å². The number of unbranched alkanes of at least 4 members (excludes halogenated alkanes) is 7. The molecule has 0 spiro atoms. The maximum Gasteiger partial charge on any atom is 0.0540 e. The first kappa shape index (κ1) is 19.3. The molecule has 0 aromatic heterocycles. The van der Waals surface area contributed by atoms with Crippen molar-refractivity contribution in [2.75, 3.05) is 0 Å². The fraction of sp³-hybridized carbons (Fsp3) is 1.00. The molecule has 2 aliphatic carbocycles. The third-order valence-electron chi connectivity index (χ3n) is 6.77. The van der Waals surface area contributed by atoms with E-state index in [1.54, 1.807) is 0 Å². The molecule has 2 saturated carbocycles. The molecule has 23 heavy (non-hydrogen) atoms. The zero-order valence-corrected chi connectivity index (χ0v) is 15.8. The van der Waals surface area contributed by atoms with Crippen molar-refractivity contribution in [1.29, 1.82) is 0 Å². The topological polar surface area (TPSA) is 20.2 Å². The van der Waals surface area contributed by atoms with E-state index in [-0.39, 0.29) is 6.10 Å². The Bertz CT molecular complexity index is 272. The van der Waals surface area contributed by atoms with E-state index in [9.17, 15) is 5.11 Å². The molecule has 2 aliphatic rings. The highest BCUT2D eigenvalue weighted by Gasteiger charge is 2.30. The van der Waals surface area contributed by atoms with Crippen LogP contribution in [0.25, 0.3) is 0 Å². The maximum atomic E-state index is 9.67. The van der Waals surface area contributed by atoms with Crippen LogP contribution < -0.4 is 0 Å². The van der Waals surface area contributed by atoms with Crippen LogP contribution in [0, 0.1) is 17.8 Å². The molecule has 0 atom stereocenters. The summed E-state index contributed by atoms with van der Waals surface area (Å²) >= 11 is 0. The van der Waals surface area contributed by atoms with Gasteiger partial charge >= 0.3 is 0 Å². The molecule has 1 heteroatoms. The molecule has 0 amide bonds. The summed E-state index contributed by atoms with van der Waals surface area (Å²) in [5, 5.41) is 9.67. The van der Waals surface area contributed by atoms with Gasteiger partial charge in [0.2, 0.25) is 0 Å². The van der Waals surface area contributed by atoms with Crippen LogP contribution in [0.15, 0.2) is 0 Å². The molecule has 2 fully saturated rings. The quantitative estimate of drug-likeness (QED) is 0.435. The Morgan fingerprint density at radius 1 is 0.609 bits per heavy atom. The lowest BCUT2D eigenvalue weighted by Gasteiger charge is -2.37. The first-order valence-electron chi connectivity index (χ1n) is 11.0. The highest BCUT2D eigenvalue weighted by atomic mass is 16.3. The van der Waals surface area contributed by atoms with Gasteiger partial charge < -0.3 is 5.11 Å². The van der Waals surface area contributed by atoms with Crippen molar-refractivity contribution in [3.8, 4) is 0 Å². The Morgan fingerprint density at radius 2 is 1.09 bits per heavy atom. The molecule has 0 heterocycles. The van der Waals surface area contributed by atoms with E-state index in [2.05, 4.69) is 6.92 Å². The summed E-state index contributed by atoms with van der Waals surface area (Å²) in [6.45, 7) is 2.30. The average molecular weight is 323 g/mol. The van der Waals surface area contributed by atoms with E-state index in [1.165, 1.54) is 96.3 Å². The van der Waals surface area contributed by atoms with Crippen molar-refractivity contribution in [3.63, 3.8) is 0 Å². The van der Waals surface area contributed by atoms with Crippen molar-refractivity contribution in [3.05, 3.63) is 0 Å². The molecule has 0 saturated heterocycles.